The van der Waals surface area contributed by atoms with E-state index < -0.39 is 23.0 Å². The second-order valence-corrected chi connectivity index (χ2v) is 8.35. The summed E-state index contributed by atoms with van der Waals surface area (Å²) in [6.07, 6.45) is -4.52. The van der Waals surface area contributed by atoms with E-state index in [0.29, 0.717) is 21.7 Å². The molecule has 3 heterocycles. The highest BCUT2D eigenvalue weighted by molar-refractivity contribution is 7.17. The zero-order valence-electron chi connectivity index (χ0n) is 17.9. The van der Waals surface area contributed by atoms with Crippen LogP contribution in [0.1, 0.15) is 11.5 Å². The number of ether oxygens (including phenoxy) is 1. The van der Waals surface area contributed by atoms with Gasteiger partial charge in [0.25, 0.3) is 5.56 Å². The van der Waals surface area contributed by atoms with Gasteiger partial charge >= 0.3 is 11.9 Å². The average Bonchev–Trinajstić information content (AvgIpc) is 3.52. The highest BCUT2D eigenvalue weighted by atomic mass is 32.1. The summed E-state index contributed by atoms with van der Waals surface area (Å²) in [6.45, 7) is -0.192. The molecule has 3 aromatic heterocycles. The van der Waals surface area contributed by atoms with Crippen LogP contribution in [-0.2, 0) is 12.7 Å². The maximum Gasteiger partial charge on any atom is 0.416 e. The fourth-order valence-corrected chi connectivity index (χ4v) is 4.45. The maximum absolute atomic E-state index is 13.4. The number of benzene rings is 2. The quantitative estimate of drug-likeness (QED) is 0.357. The molecule has 5 rings (SSSR count). The third kappa shape index (κ3) is 4.12. The van der Waals surface area contributed by atoms with Crippen LogP contribution in [0.4, 0.5) is 13.2 Å². The minimum Gasteiger partial charge on any atom is -0.497 e. The standard InChI is InChI=1S/C23H15F3N4O4S/c1-33-16-7-3-6-15(11-16)30-21(31)19-17(8-9-35-19)29(22(30)32)12-18-27-20(28-34-18)13-4-2-5-14(10-13)23(24,25)26/h2-11H,12H2,1H3. The van der Waals surface area contributed by atoms with Crippen molar-refractivity contribution in [1.29, 1.82) is 0 Å². The summed E-state index contributed by atoms with van der Waals surface area (Å²) in [6, 6.07) is 12.7. The lowest BCUT2D eigenvalue weighted by atomic mass is 10.1. The van der Waals surface area contributed by atoms with Gasteiger partial charge < -0.3 is 9.26 Å². The molecule has 0 N–H and O–H groups in total. The fraction of sp³-hybridized carbons (Fsp3) is 0.130. The van der Waals surface area contributed by atoms with Crippen molar-refractivity contribution in [3.63, 3.8) is 0 Å². The molecule has 0 aliphatic rings. The van der Waals surface area contributed by atoms with Gasteiger partial charge in [0.05, 0.1) is 23.9 Å². The van der Waals surface area contributed by atoms with Crippen molar-refractivity contribution in [1.82, 2.24) is 19.3 Å². The molecule has 8 nitrogen and oxygen atoms in total. The van der Waals surface area contributed by atoms with E-state index >= 15 is 0 Å². The van der Waals surface area contributed by atoms with Gasteiger partial charge in [-0.1, -0.05) is 23.4 Å². The molecule has 0 amide bonds. The van der Waals surface area contributed by atoms with Crippen LogP contribution in [-0.4, -0.2) is 26.4 Å². The van der Waals surface area contributed by atoms with E-state index in [2.05, 4.69) is 10.1 Å². The molecule has 5 aromatic rings. The van der Waals surface area contributed by atoms with Gasteiger partial charge in [0.1, 0.15) is 17.0 Å². The van der Waals surface area contributed by atoms with Crippen LogP contribution in [0.5, 0.6) is 5.75 Å². The molecule has 35 heavy (non-hydrogen) atoms. The summed E-state index contributed by atoms with van der Waals surface area (Å²) >= 11 is 1.17. The van der Waals surface area contributed by atoms with Gasteiger partial charge in [-0.05, 0) is 35.7 Å². The average molecular weight is 500 g/mol. The SMILES string of the molecule is COc1cccc(-n2c(=O)c3sccc3n(Cc3nc(-c4cccc(C(F)(F)F)c4)no3)c2=O)c1. The number of fused-ring (bicyclic) bond motifs is 1. The molecular formula is C23H15F3N4O4S. The number of aromatic nitrogens is 4. The van der Waals surface area contributed by atoms with Crippen molar-refractivity contribution in [2.75, 3.05) is 7.11 Å². The number of hydrogen-bond donors (Lipinski definition) is 0. The first-order valence-corrected chi connectivity index (χ1v) is 11.0. The van der Waals surface area contributed by atoms with Gasteiger partial charge in [-0.25, -0.2) is 9.36 Å². The first kappa shape index (κ1) is 22.6. The number of thiophene rings is 1. The van der Waals surface area contributed by atoms with Crippen LogP contribution < -0.4 is 16.0 Å². The minimum atomic E-state index is -4.52. The zero-order chi connectivity index (χ0) is 24.7. The Morgan fingerprint density at radius 1 is 1.09 bits per heavy atom. The Morgan fingerprint density at radius 2 is 1.89 bits per heavy atom. The second-order valence-electron chi connectivity index (χ2n) is 7.44. The van der Waals surface area contributed by atoms with E-state index in [1.165, 1.54) is 35.1 Å². The predicted molar refractivity (Wildman–Crippen MR) is 122 cm³/mol. The van der Waals surface area contributed by atoms with Crippen LogP contribution in [0.2, 0.25) is 0 Å². The van der Waals surface area contributed by atoms with Crippen LogP contribution in [0.25, 0.3) is 27.3 Å². The van der Waals surface area contributed by atoms with Crippen molar-refractivity contribution in [2.45, 2.75) is 12.7 Å². The van der Waals surface area contributed by atoms with E-state index in [9.17, 15) is 22.8 Å². The number of alkyl halides is 3. The summed E-state index contributed by atoms with van der Waals surface area (Å²) in [5.41, 5.74) is -1.17. The third-order valence-electron chi connectivity index (χ3n) is 5.28. The highest BCUT2D eigenvalue weighted by Gasteiger charge is 2.31. The molecule has 0 saturated carbocycles. The number of methoxy groups -OCH3 is 1. The van der Waals surface area contributed by atoms with Crippen molar-refractivity contribution in [3.05, 3.63) is 92.3 Å². The lowest BCUT2D eigenvalue weighted by Gasteiger charge is -2.11. The van der Waals surface area contributed by atoms with E-state index in [-0.39, 0.29) is 23.8 Å². The smallest absolute Gasteiger partial charge is 0.416 e. The van der Waals surface area contributed by atoms with Gasteiger partial charge in [0.2, 0.25) is 11.7 Å². The number of rotatable bonds is 5. The Kier molecular flexibility index (Phi) is 5.52. The topological polar surface area (TPSA) is 92.2 Å². The molecule has 0 aliphatic heterocycles. The first-order valence-electron chi connectivity index (χ1n) is 10.1. The molecule has 0 aliphatic carbocycles. The van der Waals surface area contributed by atoms with Crippen molar-refractivity contribution >= 4 is 21.6 Å². The van der Waals surface area contributed by atoms with Gasteiger partial charge in [-0.15, -0.1) is 11.3 Å². The fourth-order valence-electron chi connectivity index (χ4n) is 3.62. The second kappa shape index (κ2) is 8.55. The molecule has 0 saturated heterocycles. The Bertz CT molecular complexity index is 1670. The summed E-state index contributed by atoms with van der Waals surface area (Å²) in [5, 5.41) is 5.45. The summed E-state index contributed by atoms with van der Waals surface area (Å²) in [5.74, 6) is 0.402. The lowest BCUT2D eigenvalue weighted by Crippen LogP contribution is -2.38. The van der Waals surface area contributed by atoms with Crippen molar-refractivity contribution in [3.8, 4) is 22.8 Å². The summed E-state index contributed by atoms with van der Waals surface area (Å²) in [4.78, 5) is 30.7. The summed E-state index contributed by atoms with van der Waals surface area (Å²) < 4.78 is 52.3. The highest BCUT2D eigenvalue weighted by Crippen LogP contribution is 2.31. The van der Waals surface area contributed by atoms with Crippen LogP contribution >= 0.6 is 11.3 Å². The van der Waals surface area contributed by atoms with Crippen molar-refractivity contribution < 1.29 is 22.4 Å². The number of nitrogens with zero attached hydrogens (tertiary/aromatic N) is 4. The minimum absolute atomic E-state index is 0.0112. The molecule has 0 bridgehead atoms. The summed E-state index contributed by atoms with van der Waals surface area (Å²) in [7, 11) is 1.47. The molecular weight excluding hydrogens is 485 g/mol. The van der Waals surface area contributed by atoms with Crippen molar-refractivity contribution in [2.24, 2.45) is 0 Å². The normalized spacial score (nSPS) is 11.8. The molecule has 12 heteroatoms. The monoisotopic (exact) mass is 500 g/mol. The predicted octanol–water partition coefficient (Wildman–Crippen LogP) is 4.34. The Hall–Kier alpha value is -4.19. The third-order valence-corrected chi connectivity index (χ3v) is 6.17. The molecule has 0 unspecified atom stereocenters. The first-order chi connectivity index (χ1) is 16.8. The van der Waals surface area contributed by atoms with Gasteiger partial charge in [-0.2, -0.15) is 18.2 Å². The number of hydrogen-bond acceptors (Lipinski definition) is 7. The van der Waals surface area contributed by atoms with E-state index in [4.69, 9.17) is 9.26 Å². The molecule has 178 valence electrons. The van der Waals surface area contributed by atoms with Gasteiger partial charge in [-0.3, -0.25) is 9.36 Å². The lowest BCUT2D eigenvalue weighted by molar-refractivity contribution is -0.137. The Morgan fingerprint density at radius 3 is 2.66 bits per heavy atom. The van der Waals surface area contributed by atoms with Gasteiger partial charge in [0.15, 0.2) is 0 Å². The van der Waals surface area contributed by atoms with Gasteiger partial charge in [0, 0.05) is 11.6 Å². The Balaban J connectivity index is 1.58. The maximum atomic E-state index is 13.4. The Labute approximate surface area is 198 Å². The molecule has 0 radical (unpaired) electrons. The molecule has 0 spiro atoms. The molecule has 2 aromatic carbocycles. The van der Waals surface area contributed by atoms with Crippen LogP contribution in [0, 0.1) is 0 Å². The van der Waals surface area contributed by atoms with E-state index in [1.54, 1.807) is 35.7 Å². The number of halogens is 3. The molecule has 0 fully saturated rings. The van der Waals surface area contributed by atoms with E-state index in [0.717, 1.165) is 16.7 Å². The molecule has 0 atom stereocenters. The van der Waals surface area contributed by atoms with E-state index in [1.807, 2.05) is 0 Å². The van der Waals surface area contributed by atoms with Crippen LogP contribution in [0.3, 0.4) is 0 Å². The zero-order valence-corrected chi connectivity index (χ0v) is 18.8. The largest absolute Gasteiger partial charge is 0.497 e. The van der Waals surface area contributed by atoms with Crippen LogP contribution in [0.15, 0.2) is 74.1 Å².